The molecule has 3 nitrogen and oxygen atoms in total. The Balaban J connectivity index is 1.81. The molecule has 98 valence electrons. The molecule has 0 bridgehead atoms. The monoisotopic (exact) mass is 284 g/mol. The maximum Gasteiger partial charge on any atom is 0.257 e. The van der Waals surface area contributed by atoms with Gasteiger partial charge in [-0.1, -0.05) is 36.0 Å². The highest BCUT2D eigenvalue weighted by molar-refractivity contribution is 7.98. The Kier molecular flexibility index (Phi) is 3.40. The highest BCUT2D eigenvalue weighted by Gasteiger charge is 2.10. The van der Waals surface area contributed by atoms with Crippen LogP contribution in [0, 0.1) is 17.1 Å². The molecule has 0 fully saturated rings. The molecule has 3 rings (SSSR count). The van der Waals surface area contributed by atoms with E-state index < -0.39 is 5.82 Å². The van der Waals surface area contributed by atoms with Crippen molar-refractivity contribution in [2.45, 2.75) is 11.0 Å². The highest BCUT2D eigenvalue weighted by Crippen LogP contribution is 2.27. The number of rotatable bonds is 3. The second kappa shape index (κ2) is 5.35. The van der Waals surface area contributed by atoms with Crippen LogP contribution in [0.4, 0.5) is 4.39 Å². The Morgan fingerprint density at radius 2 is 2.05 bits per heavy atom. The Labute approximate surface area is 119 Å². The zero-order chi connectivity index (χ0) is 13.9. The van der Waals surface area contributed by atoms with Crippen molar-refractivity contribution < 1.29 is 8.81 Å². The first kappa shape index (κ1) is 12.7. The van der Waals surface area contributed by atoms with E-state index in [1.54, 1.807) is 12.1 Å². The van der Waals surface area contributed by atoms with Crippen molar-refractivity contribution in [1.82, 2.24) is 4.98 Å². The van der Waals surface area contributed by atoms with Crippen LogP contribution in [0.15, 0.2) is 52.1 Å². The maximum atomic E-state index is 13.9. The number of nitrogens with zero attached hydrogens (tertiary/aromatic N) is 2. The SMILES string of the molecule is N#Cc1cccc(CSc2nc3ccccc3o2)c1F. The van der Waals surface area contributed by atoms with Crippen molar-refractivity contribution in [3.8, 4) is 6.07 Å². The first-order valence-corrected chi connectivity index (χ1v) is 6.92. The summed E-state index contributed by atoms with van der Waals surface area (Å²) >= 11 is 1.31. The smallest absolute Gasteiger partial charge is 0.257 e. The lowest BCUT2D eigenvalue weighted by Gasteiger charge is -2.01. The molecule has 0 amide bonds. The van der Waals surface area contributed by atoms with E-state index >= 15 is 0 Å². The van der Waals surface area contributed by atoms with Crippen molar-refractivity contribution in [3.63, 3.8) is 0 Å². The standard InChI is InChI=1S/C15H9FN2OS/c16-14-10(8-17)4-3-5-11(14)9-20-15-18-12-6-1-2-7-13(12)19-15/h1-7H,9H2. The summed E-state index contributed by atoms with van der Waals surface area (Å²) in [5.74, 6) is -0.104. The van der Waals surface area contributed by atoms with Crippen LogP contribution in [0.5, 0.6) is 0 Å². The van der Waals surface area contributed by atoms with Crippen molar-refractivity contribution in [3.05, 3.63) is 59.4 Å². The molecular formula is C15H9FN2OS. The Bertz CT molecular complexity index is 774. The summed E-state index contributed by atoms with van der Waals surface area (Å²) in [5.41, 5.74) is 2.01. The minimum absolute atomic E-state index is 0.0562. The van der Waals surface area contributed by atoms with E-state index in [2.05, 4.69) is 4.98 Å². The van der Waals surface area contributed by atoms with E-state index in [0.717, 1.165) is 5.52 Å². The first-order chi connectivity index (χ1) is 9.78. The quantitative estimate of drug-likeness (QED) is 0.678. The predicted molar refractivity (Wildman–Crippen MR) is 74.7 cm³/mol. The molecule has 5 heteroatoms. The van der Waals surface area contributed by atoms with Crippen LogP contribution >= 0.6 is 11.8 Å². The van der Waals surface area contributed by atoms with Crippen LogP contribution < -0.4 is 0 Å². The average Bonchev–Trinajstić information content (AvgIpc) is 2.89. The molecule has 20 heavy (non-hydrogen) atoms. The normalized spacial score (nSPS) is 10.6. The van der Waals surface area contributed by atoms with Gasteiger partial charge in [0.1, 0.15) is 17.4 Å². The maximum absolute atomic E-state index is 13.9. The molecule has 3 aromatic rings. The average molecular weight is 284 g/mol. The van der Waals surface area contributed by atoms with Gasteiger partial charge in [0.15, 0.2) is 5.58 Å². The molecule has 0 atom stereocenters. The molecule has 0 radical (unpaired) electrons. The lowest BCUT2D eigenvalue weighted by Crippen LogP contribution is -1.91. The van der Waals surface area contributed by atoms with E-state index in [9.17, 15) is 4.39 Å². The van der Waals surface area contributed by atoms with E-state index in [0.29, 0.717) is 22.1 Å². The van der Waals surface area contributed by atoms with Crippen molar-refractivity contribution in [2.24, 2.45) is 0 Å². The fourth-order valence-corrected chi connectivity index (χ4v) is 2.64. The largest absolute Gasteiger partial charge is 0.431 e. The van der Waals surface area contributed by atoms with Crippen molar-refractivity contribution in [2.75, 3.05) is 0 Å². The number of benzene rings is 2. The molecule has 0 aliphatic rings. The van der Waals surface area contributed by atoms with E-state index in [1.165, 1.54) is 17.8 Å². The van der Waals surface area contributed by atoms with Gasteiger partial charge in [0.2, 0.25) is 0 Å². The zero-order valence-electron chi connectivity index (χ0n) is 10.3. The molecule has 0 saturated carbocycles. The number of aromatic nitrogens is 1. The number of para-hydroxylation sites is 2. The molecule has 0 spiro atoms. The fraction of sp³-hybridized carbons (Fsp3) is 0.0667. The van der Waals surface area contributed by atoms with Crippen molar-refractivity contribution >= 4 is 22.9 Å². The third-order valence-electron chi connectivity index (χ3n) is 2.82. The summed E-state index contributed by atoms with van der Waals surface area (Å²) in [6.07, 6.45) is 0. The van der Waals surface area contributed by atoms with Gasteiger partial charge in [0.05, 0.1) is 5.56 Å². The number of hydrogen-bond acceptors (Lipinski definition) is 4. The molecular weight excluding hydrogens is 275 g/mol. The van der Waals surface area contributed by atoms with E-state index in [4.69, 9.17) is 9.68 Å². The van der Waals surface area contributed by atoms with Crippen molar-refractivity contribution in [1.29, 1.82) is 5.26 Å². The van der Waals surface area contributed by atoms with Gasteiger partial charge in [-0.25, -0.2) is 9.37 Å². The summed E-state index contributed by atoms with van der Waals surface area (Å²) in [5, 5.41) is 9.29. The van der Waals surface area contributed by atoms with Gasteiger partial charge in [-0.05, 0) is 23.8 Å². The van der Waals surface area contributed by atoms with Gasteiger partial charge in [0, 0.05) is 5.75 Å². The Morgan fingerprint density at radius 3 is 2.85 bits per heavy atom. The van der Waals surface area contributed by atoms with Crippen LogP contribution in [0.2, 0.25) is 0 Å². The van der Waals surface area contributed by atoms with Gasteiger partial charge in [0.25, 0.3) is 5.22 Å². The summed E-state index contributed by atoms with van der Waals surface area (Å²) in [4.78, 5) is 4.31. The Morgan fingerprint density at radius 1 is 1.20 bits per heavy atom. The number of halogens is 1. The highest BCUT2D eigenvalue weighted by atomic mass is 32.2. The van der Waals surface area contributed by atoms with Crippen LogP contribution in [0.3, 0.4) is 0 Å². The van der Waals surface area contributed by atoms with Gasteiger partial charge < -0.3 is 4.42 Å². The molecule has 0 unspecified atom stereocenters. The number of hydrogen-bond donors (Lipinski definition) is 0. The fourth-order valence-electron chi connectivity index (χ4n) is 1.83. The second-order valence-corrected chi connectivity index (χ2v) is 5.05. The minimum Gasteiger partial charge on any atom is -0.431 e. The summed E-state index contributed by atoms with van der Waals surface area (Å²) in [7, 11) is 0. The molecule has 0 saturated heterocycles. The lowest BCUT2D eigenvalue weighted by atomic mass is 10.1. The molecule has 1 heterocycles. The van der Waals surface area contributed by atoms with Crippen LogP contribution in [-0.4, -0.2) is 4.98 Å². The first-order valence-electron chi connectivity index (χ1n) is 5.94. The molecule has 0 aliphatic heterocycles. The third kappa shape index (κ3) is 2.38. The minimum atomic E-state index is -0.474. The number of nitriles is 1. The summed E-state index contributed by atoms with van der Waals surface area (Å²) in [6.45, 7) is 0. The molecule has 2 aromatic carbocycles. The van der Waals surface area contributed by atoms with E-state index in [-0.39, 0.29) is 5.56 Å². The third-order valence-corrected chi connectivity index (χ3v) is 3.70. The summed E-state index contributed by atoms with van der Waals surface area (Å²) < 4.78 is 19.4. The zero-order valence-corrected chi connectivity index (χ0v) is 11.2. The predicted octanol–water partition coefficient (Wildman–Crippen LogP) is 4.13. The van der Waals surface area contributed by atoms with Crippen LogP contribution in [0.1, 0.15) is 11.1 Å². The number of fused-ring (bicyclic) bond motifs is 1. The summed E-state index contributed by atoms with van der Waals surface area (Å²) in [6, 6.07) is 14.1. The van der Waals surface area contributed by atoms with Gasteiger partial charge in [-0.3, -0.25) is 0 Å². The number of thioether (sulfide) groups is 1. The van der Waals surface area contributed by atoms with Gasteiger partial charge in [-0.15, -0.1) is 0 Å². The molecule has 0 N–H and O–H groups in total. The molecule has 0 aliphatic carbocycles. The lowest BCUT2D eigenvalue weighted by molar-refractivity contribution is 0.489. The van der Waals surface area contributed by atoms with Crippen LogP contribution in [-0.2, 0) is 5.75 Å². The molecule has 1 aromatic heterocycles. The van der Waals surface area contributed by atoms with Gasteiger partial charge >= 0.3 is 0 Å². The van der Waals surface area contributed by atoms with Crippen LogP contribution in [0.25, 0.3) is 11.1 Å². The van der Waals surface area contributed by atoms with E-state index in [1.807, 2.05) is 30.3 Å². The second-order valence-electron chi connectivity index (χ2n) is 4.13. The number of oxazole rings is 1. The topological polar surface area (TPSA) is 49.8 Å². The van der Waals surface area contributed by atoms with Gasteiger partial charge in [-0.2, -0.15) is 5.26 Å². The Hall–Kier alpha value is -2.32.